The Morgan fingerprint density at radius 1 is 0.800 bits per heavy atom. The summed E-state index contributed by atoms with van der Waals surface area (Å²) >= 11 is 0. The lowest BCUT2D eigenvalue weighted by atomic mass is 9.50. The van der Waals surface area contributed by atoms with Crippen LogP contribution in [0.25, 0.3) is 0 Å². The van der Waals surface area contributed by atoms with Gasteiger partial charge >= 0.3 is 0 Å². The maximum Gasteiger partial charge on any atom is 0.248 e. The minimum absolute atomic E-state index is 0.166. The summed E-state index contributed by atoms with van der Waals surface area (Å²) in [6.45, 7) is 2.52. The van der Waals surface area contributed by atoms with Crippen LogP contribution in [0.3, 0.4) is 0 Å². The van der Waals surface area contributed by atoms with E-state index in [0.717, 1.165) is 30.6 Å². The Hall–Kier alpha value is -0.140. The van der Waals surface area contributed by atoms with Gasteiger partial charge in [0.05, 0.1) is 0 Å². The van der Waals surface area contributed by atoms with Crippen LogP contribution in [0.2, 0.25) is 0 Å². The standard InChI is InChI=1S/C18H28F2/c1-17-8-2-3-16(17)15-5-4-12-11-18(19,20)10-7-13(12)14(15)6-9-17/h12-16H,2-11H2,1H3. The Morgan fingerprint density at radius 2 is 1.60 bits per heavy atom. The molecule has 0 amide bonds. The molecule has 0 aromatic carbocycles. The van der Waals surface area contributed by atoms with E-state index in [4.69, 9.17) is 0 Å². The van der Waals surface area contributed by atoms with Crippen molar-refractivity contribution < 1.29 is 8.78 Å². The molecule has 0 saturated heterocycles. The zero-order chi connectivity index (χ0) is 14.0. The summed E-state index contributed by atoms with van der Waals surface area (Å²) in [6.07, 6.45) is 10.5. The van der Waals surface area contributed by atoms with Gasteiger partial charge in [-0.1, -0.05) is 13.3 Å². The minimum Gasteiger partial charge on any atom is -0.207 e. The van der Waals surface area contributed by atoms with E-state index in [9.17, 15) is 8.78 Å². The van der Waals surface area contributed by atoms with E-state index in [1.54, 1.807) is 0 Å². The van der Waals surface area contributed by atoms with Crippen molar-refractivity contribution in [3.05, 3.63) is 0 Å². The SMILES string of the molecule is CC12CCCC1C1CCC3CC(F)(F)CCC3C1CC2. The molecule has 0 heterocycles. The predicted octanol–water partition coefficient (Wildman–Crippen LogP) is 5.66. The topological polar surface area (TPSA) is 0 Å². The lowest BCUT2D eigenvalue weighted by Crippen LogP contribution is -2.48. The molecule has 0 bridgehead atoms. The molecule has 0 aliphatic heterocycles. The number of halogens is 2. The highest BCUT2D eigenvalue weighted by Crippen LogP contribution is 2.63. The Morgan fingerprint density at radius 3 is 2.45 bits per heavy atom. The third kappa shape index (κ3) is 1.96. The van der Waals surface area contributed by atoms with Crippen LogP contribution in [0.5, 0.6) is 0 Å². The zero-order valence-corrected chi connectivity index (χ0v) is 12.7. The van der Waals surface area contributed by atoms with Crippen LogP contribution in [-0.4, -0.2) is 5.92 Å². The largest absolute Gasteiger partial charge is 0.248 e. The van der Waals surface area contributed by atoms with E-state index < -0.39 is 5.92 Å². The van der Waals surface area contributed by atoms with Crippen molar-refractivity contribution in [3.8, 4) is 0 Å². The molecular formula is C18H28F2. The Labute approximate surface area is 121 Å². The Balaban J connectivity index is 1.55. The molecule has 4 fully saturated rings. The van der Waals surface area contributed by atoms with Crippen molar-refractivity contribution in [1.29, 1.82) is 0 Å². The average molecular weight is 282 g/mol. The van der Waals surface area contributed by atoms with Gasteiger partial charge in [-0.15, -0.1) is 0 Å². The minimum atomic E-state index is -2.36. The second-order valence-corrected chi connectivity index (χ2v) is 8.62. The summed E-state index contributed by atoms with van der Waals surface area (Å²) < 4.78 is 27.4. The van der Waals surface area contributed by atoms with Gasteiger partial charge in [0.15, 0.2) is 0 Å². The second-order valence-electron chi connectivity index (χ2n) is 8.62. The average Bonchev–Trinajstić information content (AvgIpc) is 2.78. The van der Waals surface area contributed by atoms with Gasteiger partial charge in [0, 0.05) is 12.8 Å². The van der Waals surface area contributed by atoms with Gasteiger partial charge in [0.25, 0.3) is 0 Å². The third-order valence-electron chi connectivity index (χ3n) is 7.70. The van der Waals surface area contributed by atoms with Crippen LogP contribution in [0.4, 0.5) is 8.78 Å². The van der Waals surface area contributed by atoms with E-state index in [1.807, 2.05) is 0 Å². The zero-order valence-electron chi connectivity index (χ0n) is 12.7. The molecule has 0 radical (unpaired) electrons. The van der Waals surface area contributed by atoms with Gasteiger partial charge in [-0.05, 0) is 80.0 Å². The maximum atomic E-state index is 13.7. The van der Waals surface area contributed by atoms with Crippen molar-refractivity contribution in [2.45, 2.75) is 77.1 Å². The lowest BCUT2D eigenvalue weighted by molar-refractivity contribution is -0.118. The molecule has 0 N–H and O–H groups in total. The first kappa shape index (κ1) is 13.5. The first-order valence-corrected chi connectivity index (χ1v) is 8.86. The van der Waals surface area contributed by atoms with Gasteiger partial charge in [-0.2, -0.15) is 0 Å². The van der Waals surface area contributed by atoms with Gasteiger partial charge in [0.1, 0.15) is 0 Å². The van der Waals surface area contributed by atoms with Crippen LogP contribution in [0.1, 0.15) is 71.1 Å². The number of fused-ring (bicyclic) bond motifs is 5. The van der Waals surface area contributed by atoms with Crippen molar-refractivity contribution in [1.82, 2.24) is 0 Å². The normalized spacial score (nSPS) is 53.9. The molecule has 6 atom stereocenters. The molecule has 4 aliphatic rings. The number of alkyl halides is 2. The number of hydrogen-bond donors (Lipinski definition) is 0. The fourth-order valence-electron chi connectivity index (χ4n) is 6.79. The first-order chi connectivity index (χ1) is 9.49. The van der Waals surface area contributed by atoms with Crippen molar-refractivity contribution in [2.75, 3.05) is 0 Å². The van der Waals surface area contributed by atoms with Crippen LogP contribution in [0, 0.1) is 35.0 Å². The highest BCUT2D eigenvalue weighted by molar-refractivity contribution is 5.03. The summed E-state index contributed by atoms with van der Waals surface area (Å²) in [7, 11) is 0. The molecule has 4 saturated carbocycles. The fourth-order valence-corrected chi connectivity index (χ4v) is 6.79. The molecule has 2 heteroatoms. The highest BCUT2D eigenvalue weighted by Gasteiger charge is 2.55. The summed E-state index contributed by atoms with van der Waals surface area (Å²) in [5.74, 6) is 1.21. The van der Waals surface area contributed by atoms with Crippen LogP contribution in [0.15, 0.2) is 0 Å². The molecule has 4 aliphatic carbocycles. The number of hydrogen-bond acceptors (Lipinski definition) is 0. The summed E-state index contributed by atoms with van der Waals surface area (Å²) in [6, 6.07) is 0. The highest BCUT2D eigenvalue weighted by atomic mass is 19.3. The predicted molar refractivity (Wildman–Crippen MR) is 76.7 cm³/mol. The van der Waals surface area contributed by atoms with Gasteiger partial charge in [0.2, 0.25) is 5.92 Å². The van der Waals surface area contributed by atoms with E-state index in [0.29, 0.717) is 17.3 Å². The number of rotatable bonds is 0. The van der Waals surface area contributed by atoms with E-state index in [2.05, 4.69) is 6.92 Å². The van der Waals surface area contributed by atoms with Crippen molar-refractivity contribution >= 4 is 0 Å². The Bertz CT molecular complexity index is 391. The molecule has 0 nitrogen and oxygen atoms in total. The molecule has 114 valence electrons. The van der Waals surface area contributed by atoms with Gasteiger partial charge in [-0.3, -0.25) is 0 Å². The molecule has 6 unspecified atom stereocenters. The maximum absolute atomic E-state index is 13.7. The van der Waals surface area contributed by atoms with Gasteiger partial charge in [-0.25, -0.2) is 8.78 Å². The molecule has 0 aromatic heterocycles. The van der Waals surface area contributed by atoms with Crippen molar-refractivity contribution in [3.63, 3.8) is 0 Å². The quantitative estimate of drug-likeness (QED) is 0.537. The van der Waals surface area contributed by atoms with E-state index >= 15 is 0 Å². The smallest absolute Gasteiger partial charge is 0.207 e. The lowest BCUT2D eigenvalue weighted by Gasteiger charge is -2.55. The molecule has 0 aromatic rings. The molecule has 20 heavy (non-hydrogen) atoms. The van der Waals surface area contributed by atoms with E-state index in [-0.39, 0.29) is 12.8 Å². The van der Waals surface area contributed by atoms with Crippen molar-refractivity contribution in [2.24, 2.45) is 35.0 Å². The van der Waals surface area contributed by atoms with E-state index in [1.165, 1.54) is 38.5 Å². The summed E-state index contributed by atoms with van der Waals surface area (Å²) in [4.78, 5) is 0. The first-order valence-electron chi connectivity index (χ1n) is 8.86. The van der Waals surface area contributed by atoms with Gasteiger partial charge < -0.3 is 0 Å². The molecule has 0 spiro atoms. The molecule has 4 rings (SSSR count). The second kappa shape index (κ2) is 4.43. The molecular weight excluding hydrogens is 254 g/mol. The summed E-state index contributed by atoms with van der Waals surface area (Å²) in [5, 5.41) is 0. The monoisotopic (exact) mass is 282 g/mol. The fraction of sp³-hybridized carbons (Fsp3) is 1.00. The summed E-state index contributed by atoms with van der Waals surface area (Å²) in [5.41, 5.74) is 0.604. The Kier molecular flexibility index (Phi) is 2.99. The third-order valence-corrected chi connectivity index (χ3v) is 7.70. The van der Waals surface area contributed by atoms with Crippen LogP contribution < -0.4 is 0 Å². The van der Waals surface area contributed by atoms with Crippen LogP contribution >= 0.6 is 0 Å². The van der Waals surface area contributed by atoms with Crippen LogP contribution in [-0.2, 0) is 0 Å².